The molecule has 0 aromatic carbocycles. The first-order chi connectivity index (χ1) is 8.24. The maximum Gasteiger partial charge on any atom is 0.411 e. The summed E-state index contributed by atoms with van der Waals surface area (Å²) >= 11 is 0. The number of hydrogen-bond donors (Lipinski definition) is 1. The van der Waals surface area contributed by atoms with Crippen molar-refractivity contribution in [1.82, 2.24) is 4.90 Å². The minimum atomic E-state index is -0.728. The molecule has 0 spiro atoms. The van der Waals surface area contributed by atoms with E-state index in [-0.39, 0.29) is 13.0 Å². The molecular weight excluding hydrogens is 238 g/mol. The monoisotopic (exact) mass is 257 g/mol. The zero-order valence-electron chi connectivity index (χ0n) is 11.1. The van der Waals surface area contributed by atoms with E-state index in [1.807, 2.05) is 0 Å². The van der Waals surface area contributed by atoms with Gasteiger partial charge >= 0.3 is 6.09 Å². The second-order valence-electron chi connectivity index (χ2n) is 5.07. The van der Waals surface area contributed by atoms with Gasteiger partial charge in [0.2, 0.25) is 5.91 Å². The maximum absolute atomic E-state index is 11.9. The molecule has 0 saturated carbocycles. The van der Waals surface area contributed by atoms with Crippen LogP contribution < -0.4 is 5.73 Å². The molecule has 7 nitrogen and oxygen atoms in total. The van der Waals surface area contributed by atoms with Crippen molar-refractivity contribution in [1.29, 1.82) is 0 Å². The van der Waals surface area contributed by atoms with Crippen molar-refractivity contribution in [3.05, 3.63) is 0 Å². The van der Waals surface area contributed by atoms with Crippen molar-refractivity contribution in [2.75, 3.05) is 13.7 Å². The standard InChI is InChI=1S/C11H19N3O4/c1-11(2,3)18-10(16)14-6-7(13-17-4)5-8(14)9(12)15/h8H,5-6H2,1-4H3,(H2,12,15)/t8-/m0/s1. The normalized spacial score (nSPS) is 22.1. The molecule has 2 N–H and O–H groups in total. The molecule has 102 valence electrons. The van der Waals surface area contributed by atoms with Crippen LogP contribution in [0.5, 0.6) is 0 Å². The predicted octanol–water partition coefficient (Wildman–Crippen LogP) is 0.484. The Bertz CT molecular complexity index is 373. The number of nitrogens with two attached hydrogens (primary N) is 1. The molecule has 0 unspecified atom stereocenters. The van der Waals surface area contributed by atoms with Gasteiger partial charge in [0.15, 0.2) is 0 Å². The van der Waals surface area contributed by atoms with Crippen LogP contribution in [0.4, 0.5) is 4.79 Å². The highest BCUT2D eigenvalue weighted by atomic mass is 16.6. The fourth-order valence-corrected chi connectivity index (χ4v) is 1.67. The van der Waals surface area contributed by atoms with Crippen LogP contribution in [0.1, 0.15) is 27.2 Å². The van der Waals surface area contributed by atoms with Crippen LogP contribution in [-0.4, -0.2) is 47.9 Å². The van der Waals surface area contributed by atoms with Crippen LogP contribution in [0.2, 0.25) is 0 Å². The number of nitrogens with zero attached hydrogens (tertiary/aromatic N) is 2. The van der Waals surface area contributed by atoms with Gasteiger partial charge < -0.3 is 15.3 Å². The Morgan fingerprint density at radius 1 is 1.44 bits per heavy atom. The number of likely N-dealkylation sites (tertiary alicyclic amines) is 1. The summed E-state index contributed by atoms with van der Waals surface area (Å²) in [6.07, 6.45) is -0.296. The summed E-state index contributed by atoms with van der Waals surface area (Å²) in [7, 11) is 1.41. The molecule has 1 rings (SSSR count). The van der Waals surface area contributed by atoms with E-state index in [0.717, 1.165) is 0 Å². The predicted molar refractivity (Wildman–Crippen MR) is 65.0 cm³/mol. The minimum absolute atomic E-state index is 0.191. The lowest BCUT2D eigenvalue weighted by atomic mass is 10.2. The molecule has 0 bridgehead atoms. The molecule has 0 aliphatic carbocycles. The van der Waals surface area contributed by atoms with E-state index in [1.165, 1.54) is 12.0 Å². The highest BCUT2D eigenvalue weighted by Crippen LogP contribution is 2.19. The first-order valence-corrected chi connectivity index (χ1v) is 5.62. The van der Waals surface area contributed by atoms with Gasteiger partial charge in [-0.25, -0.2) is 4.79 Å². The number of hydrogen-bond acceptors (Lipinski definition) is 5. The summed E-state index contributed by atoms with van der Waals surface area (Å²) in [5.41, 5.74) is 5.23. The fourth-order valence-electron chi connectivity index (χ4n) is 1.67. The summed E-state index contributed by atoms with van der Waals surface area (Å²) in [6, 6.07) is -0.728. The maximum atomic E-state index is 11.9. The quantitative estimate of drug-likeness (QED) is 0.728. The summed E-state index contributed by atoms with van der Waals surface area (Å²) < 4.78 is 5.21. The van der Waals surface area contributed by atoms with Crippen LogP contribution in [-0.2, 0) is 14.4 Å². The Labute approximate surface area is 106 Å². The van der Waals surface area contributed by atoms with Gasteiger partial charge in [-0.1, -0.05) is 5.16 Å². The number of oxime groups is 1. The molecule has 1 atom stereocenters. The van der Waals surface area contributed by atoms with E-state index in [4.69, 9.17) is 10.5 Å². The first kappa shape index (κ1) is 14.3. The third-order valence-electron chi connectivity index (χ3n) is 2.33. The van der Waals surface area contributed by atoms with E-state index in [1.54, 1.807) is 20.8 Å². The molecule has 1 saturated heterocycles. The van der Waals surface area contributed by atoms with Gasteiger partial charge in [-0.15, -0.1) is 0 Å². The highest BCUT2D eigenvalue weighted by Gasteiger charge is 2.39. The van der Waals surface area contributed by atoms with Crippen LogP contribution in [0, 0.1) is 0 Å². The largest absolute Gasteiger partial charge is 0.444 e. The van der Waals surface area contributed by atoms with E-state index < -0.39 is 23.6 Å². The SMILES string of the molecule is CON=C1C[C@@H](C(N)=O)N(C(=O)OC(C)(C)C)C1. The smallest absolute Gasteiger partial charge is 0.411 e. The Balaban J connectivity index is 2.82. The number of rotatable bonds is 2. The van der Waals surface area contributed by atoms with E-state index in [0.29, 0.717) is 5.71 Å². The molecule has 0 aromatic heterocycles. The molecule has 18 heavy (non-hydrogen) atoms. The molecule has 7 heteroatoms. The summed E-state index contributed by atoms with van der Waals surface area (Å²) in [5.74, 6) is -0.581. The third-order valence-corrected chi connectivity index (χ3v) is 2.33. The lowest BCUT2D eigenvalue weighted by Gasteiger charge is -2.26. The van der Waals surface area contributed by atoms with E-state index in [9.17, 15) is 9.59 Å². The molecule has 1 fully saturated rings. The molecule has 1 heterocycles. The highest BCUT2D eigenvalue weighted by molar-refractivity contribution is 5.99. The number of ether oxygens (including phenoxy) is 1. The van der Waals surface area contributed by atoms with Gasteiger partial charge in [0.05, 0.1) is 12.3 Å². The molecular formula is C11H19N3O4. The van der Waals surface area contributed by atoms with Crippen molar-refractivity contribution in [2.45, 2.75) is 38.8 Å². The zero-order chi connectivity index (χ0) is 13.9. The van der Waals surface area contributed by atoms with Crippen molar-refractivity contribution in [3.63, 3.8) is 0 Å². The van der Waals surface area contributed by atoms with Gasteiger partial charge in [-0.3, -0.25) is 9.69 Å². The van der Waals surface area contributed by atoms with Gasteiger partial charge in [-0.05, 0) is 20.8 Å². The van der Waals surface area contributed by atoms with Gasteiger partial charge in [-0.2, -0.15) is 0 Å². The topological polar surface area (TPSA) is 94.2 Å². The van der Waals surface area contributed by atoms with Crippen LogP contribution >= 0.6 is 0 Å². The average molecular weight is 257 g/mol. The van der Waals surface area contributed by atoms with Gasteiger partial charge in [0, 0.05) is 6.42 Å². The second kappa shape index (κ2) is 5.24. The Kier molecular flexibility index (Phi) is 4.15. The first-order valence-electron chi connectivity index (χ1n) is 5.62. The van der Waals surface area contributed by atoms with E-state index in [2.05, 4.69) is 9.99 Å². The number of amides is 2. The number of carbonyl (C=O) groups excluding carboxylic acids is 2. The molecule has 0 aromatic rings. The summed E-state index contributed by atoms with van der Waals surface area (Å²) in [4.78, 5) is 29.1. The Hall–Kier alpha value is -1.79. The van der Waals surface area contributed by atoms with Crippen LogP contribution in [0.25, 0.3) is 0 Å². The Morgan fingerprint density at radius 3 is 2.50 bits per heavy atom. The van der Waals surface area contributed by atoms with Crippen molar-refractivity contribution >= 4 is 17.7 Å². The average Bonchev–Trinajstić information content (AvgIpc) is 2.59. The minimum Gasteiger partial charge on any atom is -0.444 e. The van der Waals surface area contributed by atoms with E-state index >= 15 is 0 Å². The van der Waals surface area contributed by atoms with Crippen LogP contribution in [0.3, 0.4) is 0 Å². The van der Waals surface area contributed by atoms with Gasteiger partial charge in [0.25, 0.3) is 0 Å². The lowest BCUT2D eigenvalue weighted by molar-refractivity contribution is -0.122. The molecule has 2 amide bonds. The zero-order valence-corrected chi connectivity index (χ0v) is 11.1. The molecule has 1 aliphatic heterocycles. The fraction of sp³-hybridized carbons (Fsp3) is 0.727. The summed E-state index contributed by atoms with van der Waals surface area (Å²) in [5, 5.41) is 3.74. The van der Waals surface area contributed by atoms with Crippen molar-refractivity contribution in [3.8, 4) is 0 Å². The van der Waals surface area contributed by atoms with Crippen molar-refractivity contribution in [2.24, 2.45) is 10.9 Å². The van der Waals surface area contributed by atoms with Crippen molar-refractivity contribution < 1.29 is 19.2 Å². The Morgan fingerprint density at radius 2 is 2.06 bits per heavy atom. The molecule has 0 radical (unpaired) electrons. The third kappa shape index (κ3) is 3.61. The summed E-state index contributed by atoms with van der Waals surface area (Å²) in [6.45, 7) is 5.45. The number of primary amides is 1. The lowest BCUT2D eigenvalue weighted by Crippen LogP contribution is -2.45. The van der Waals surface area contributed by atoms with Crippen LogP contribution in [0.15, 0.2) is 5.16 Å². The number of carbonyl (C=O) groups is 2. The molecule has 1 aliphatic rings. The second-order valence-corrected chi connectivity index (χ2v) is 5.07. The van der Waals surface area contributed by atoms with Gasteiger partial charge in [0.1, 0.15) is 18.8 Å².